The Morgan fingerprint density at radius 3 is 2.68 bits per heavy atom. The monoisotopic (exact) mass is 481 g/mol. The van der Waals surface area contributed by atoms with E-state index in [1.807, 2.05) is 30.3 Å². The molecule has 0 bridgehead atoms. The van der Waals surface area contributed by atoms with E-state index in [9.17, 15) is 8.42 Å². The zero-order valence-electron chi connectivity index (χ0n) is 14.8. The zero-order chi connectivity index (χ0) is 17.4. The molecule has 1 aromatic carbocycles. The van der Waals surface area contributed by atoms with Crippen LogP contribution in [-0.2, 0) is 21.2 Å². The summed E-state index contributed by atoms with van der Waals surface area (Å²) in [7, 11) is -1.19. The molecule has 2 N–H and O–H groups in total. The van der Waals surface area contributed by atoms with Gasteiger partial charge in [-0.15, -0.1) is 24.0 Å². The third-order valence-electron chi connectivity index (χ3n) is 3.93. The highest BCUT2D eigenvalue weighted by Crippen LogP contribution is 2.11. The van der Waals surface area contributed by atoms with Gasteiger partial charge in [0.05, 0.1) is 24.7 Å². The summed E-state index contributed by atoms with van der Waals surface area (Å²) in [5.41, 5.74) is 1.16. The van der Waals surface area contributed by atoms with Crippen molar-refractivity contribution in [3.63, 3.8) is 0 Å². The predicted octanol–water partition coefficient (Wildman–Crippen LogP) is 1.81. The molecule has 1 aliphatic heterocycles. The summed E-state index contributed by atoms with van der Waals surface area (Å²) in [6.45, 7) is 4.08. The summed E-state index contributed by atoms with van der Waals surface area (Å²) in [5.74, 6) is 1.40. The summed E-state index contributed by atoms with van der Waals surface area (Å²) in [4.78, 5) is 4.16. The number of sulfone groups is 1. The molecule has 0 aliphatic carbocycles. The lowest BCUT2D eigenvalue weighted by atomic mass is 10.2. The molecule has 8 heteroatoms. The fourth-order valence-corrected chi connectivity index (χ4v) is 4.25. The van der Waals surface area contributed by atoms with Crippen LogP contribution < -0.4 is 10.6 Å². The molecule has 1 fully saturated rings. The lowest BCUT2D eigenvalue weighted by Gasteiger charge is -2.18. The average molecular weight is 481 g/mol. The molecule has 0 radical (unpaired) electrons. The number of aliphatic imine (C=N–C) groups is 1. The second-order valence-electron chi connectivity index (χ2n) is 6.30. The minimum atomic E-state index is -2.88. The summed E-state index contributed by atoms with van der Waals surface area (Å²) in [5, 5.41) is 6.41. The molecule has 25 heavy (non-hydrogen) atoms. The van der Waals surface area contributed by atoms with Crippen LogP contribution in [0.4, 0.5) is 0 Å². The van der Waals surface area contributed by atoms with E-state index in [0.717, 1.165) is 5.56 Å². The lowest BCUT2D eigenvalue weighted by Crippen LogP contribution is -2.45. The number of nitrogens with zero attached hydrogens (tertiary/aromatic N) is 1. The smallest absolute Gasteiger partial charge is 0.191 e. The van der Waals surface area contributed by atoms with Crippen molar-refractivity contribution >= 4 is 39.8 Å². The number of hydrogen-bond acceptors (Lipinski definition) is 4. The highest BCUT2D eigenvalue weighted by Gasteiger charge is 2.28. The Bertz CT molecular complexity index is 638. The largest absolute Gasteiger partial charge is 0.376 e. The normalized spacial score (nSPS) is 20.6. The van der Waals surface area contributed by atoms with Crippen LogP contribution in [0.25, 0.3) is 0 Å². The van der Waals surface area contributed by atoms with Gasteiger partial charge >= 0.3 is 0 Å². The molecule has 1 heterocycles. The van der Waals surface area contributed by atoms with Crippen molar-refractivity contribution < 1.29 is 13.2 Å². The van der Waals surface area contributed by atoms with E-state index >= 15 is 0 Å². The van der Waals surface area contributed by atoms with Crippen LogP contribution in [-0.4, -0.2) is 52.1 Å². The Morgan fingerprint density at radius 1 is 1.36 bits per heavy atom. The fraction of sp³-hybridized carbons (Fsp3) is 0.588. The van der Waals surface area contributed by atoms with Crippen LogP contribution in [0.15, 0.2) is 35.3 Å². The van der Waals surface area contributed by atoms with Gasteiger partial charge in [0.2, 0.25) is 0 Å². The molecule has 0 amide bonds. The van der Waals surface area contributed by atoms with E-state index in [2.05, 4.69) is 22.5 Å². The number of benzene rings is 1. The summed E-state index contributed by atoms with van der Waals surface area (Å²) in [6, 6.07) is 10.0. The van der Waals surface area contributed by atoms with Crippen LogP contribution in [0.5, 0.6) is 0 Å². The highest BCUT2D eigenvalue weighted by atomic mass is 127. The van der Waals surface area contributed by atoms with Crippen molar-refractivity contribution in [1.82, 2.24) is 10.6 Å². The third-order valence-corrected chi connectivity index (χ3v) is 5.70. The van der Waals surface area contributed by atoms with E-state index in [1.165, 1.54) is 0 Å². The molecule has 0 saturated carbocycles. The third kappa shape index (κ3) is 8.37. The maximum absolute atomic E-state index is 11.5. The van der Waals surface area contributed by atoms with Gasteiger partial charge in [0.25, 0.3) is 0 Å². The van der Waals surface area contributed by atoms with E-state index < -0.39 is 9.84 Å². The quantitative estimate of drug-likeness (QED) is 0.353. The average Bonchev–Trinajstić information content (AvgIpc) is 2.91. The SMILES string of the molecule is CN=C(NCC(C)COCc1ccccc1)NC1CCS(=O)(=O)C1.I. The van der Waals surface area contributed by atoms with Crippen molar-refractivity contribution in [2.24, 2.45) is 10.9 Å². The van der Waals surface area contributed by atoms with Gasteiger partial charge in [0, 0.05) is 19.6 Å². The predicted molar refractivity (Wildman–Crippen MR) is 112 cm³/mol. The van der Waals surface area contributed by atoms with Gasteiger partial charge < -0.3 is 15.4 Å². The Balaban J connectivity index is 0.00000312. The molecule has 0 spiro atoms. The molecular weight excluding hydrogens is 453 g/mol. The number of ether oxygens (including phenoxy) is 1. The highest BCUT2D eigenvalue weighted by molar-refractivity contribution is 14.0. The molecular formula is C17H28IN3O3S. The number of rotatable bonds is 7. The van der Waals surface area contributed by atoms with Crippen LogP contribution in [0.2, 0.25) is 0 Å². The Kier molecular flexibility index (Phi) is 9.73. The molecule has 1 saturated heterocycles. The molecule has 0 aromatic heterocycles. The topological polar surface area (TPSA) is 79.8 Å². The van der Waals surface area contributed by atoms with E-state index in [1.54, 1.807) is 7.05 Å². The summed E-state index contributed by atoms with van der Waals surface area (Å²) < 4.78 is 28.7. The van der Waals surface area contributed by atoms with E-state index in [4.69, 9.17) is 4.74 Å². The minimum absolute atomic E-state index is 0. The Hall–Kier alpha value is -0.870. The maximum atomic E-state index is 11.5. The number of hydrogen-bond donors (Lipinski definition) is 2. The van der Waals surface area contributed by atoms with Crippen molar-refractivity contribution in [3.8, 4) is 0 Å². The van der Waals surface area contributed by atoms with Crippen LogP contribution >= 0.6 is 24.0 Å². The van der Waals surface area contributed by atoms with Gasteiger partial charge in [-0.1, -0.05) is 37.3 Å². The maximum Gasteiger partial charge on any atom is 0.191 e. The van der Waals surface area contributed by atoms with Gasteiger partial charge in [0.15, 0.2) is 15.8 Å². The summed E-state index contributed by atoms with van der Waals surface area (Å²) >= 11 is 0. The second-order valence-corrected chi connectivity index (χ2v) is 8.53. The molecule has 2 atom stereocenters. The minimum Gasteiger partial charge on any atom is -0.376 e. The van der Waals surface area contributed by atoms with Crippen molar-refractivity contribution in [2.75, 3.05) is 31.7 Å². The molecule has 142 valence electrons. The number of nitrogens with one attached hydrogen (secondary N) is 2. The first kappa shape index (κ1) is 22.2. The molecule has 6 nitrogen and oxygen atoms in total. The molecule has 1 aliphatic rings. The number of halogens is 1. The van der Waals surface area contributed by atoms with E-state index in [0.29, 0.717) is 38.1 Å². The standard InChI is InChI=1S/C17H27N3O3S.HI/c1-14(11-23-12-15-6-4-3-5-7-15)10-19-17(18-2)20-16-8-9-24(21,22)13-16;/h3-7,14,16H,8-13H2,1-2H3,(H2,18,19,20);1H. The van der Waals surface area contributed by atoms with Crippen molar-refractivity contribution in [2.45, 2.75) is 26.0 Å². The van der Waals surface area contributed by atoms with Gasteiger partial charge in [-0.25, -0.2) is 8.42 Å². The van der Waals surface area contributed by atoms with Gasteiger partial charge in [-0.2, -0.15) is 0 Å². The van der Waals surface area contributed by atoms with Gasteiger partial charge in [-0.3, -0.25) is 4.99 Å². The lowest BCUT2D eigenvalue weighted by molar-refractivity contribution is 0.0931. The molecule has 2 rings (SSSR count). The number of guanidine groups is 1. The fourth-order valence-electron chi connectivity index (χ4n) is 2.58. The Labute approximate surface area is 167 Å². The van der Waals surface area contributed by atoms with Crippen LogP contribution in [0.1, 0.15) is 18.9 Å². The zero-order valence-corrected chi connectivity index (χ0v) is 17.9. The van der Waals surface area contributed by atoms with Crippen molar-refractivity contribution in [3.05, 3.63) is 35.9 Å². The first-order valence-corrected chi connectivity index (χ1v) is 10.1. The second kappa shape index (κ2) is 11.0. The first-order valence-electron chi connectivity index (χ1n) is 8.28. The van der Waals surface area contributed by atoms with Gasteiger partial charge in [0.1, 0.15) is 0 Å². The van der Waals surface area contributed by atoms with Crippen molar-refractivity contribution in [1.29, 1.82) is 0 Å². The molecule has 2 unspecified atom stereocenters. The molecule has 1 aromatic rings. The Morgan fingerprint density at radius 2 is 2.08 bits per heavy atom. The van der Waals surface area contributed by atoms with E-state index in [-0.39, 0.29) is 41.5 Å². The van der Waals surface area contributed by atoms with Gasteiger partial charge in [-0.05, 0) is 17.9 Å². The van der Waals surface area contributed by atoms with Crippen LogP contribution in [0.3, 0.4) is 0 Å². The first-order chi connectivity index (χ1) is 11.5. The van der Waals surface area contributed by atoms with Crippen LogP contribution in [0, 0.1) is 5.92 Å². The summed E-state index contributed by atoms with van der Waals surface area (Å²) in [6.07, 6.45) is 0.638.